The number of unbranched alkanes of at least 4 members (excludes halogenated alkanes) is 3. The van der Waals surface area contributed by atoms with Gasteiger partial charge in [0.15, 0.2) is 0 Å². The Balaban J connectivity index is 1.70. The minimum atomic E-state index is -1.75. The molecule has 1 aliphatic rings. The van der Waals surface area contributed by atoms with E-state index in [1.54, 1.807) is 54.6 Å². The van der Waals surface area contributed by atoms with Gasteiger partial charge in [-0.3, -0.25) is 52.7 Å². The smallest absolute Gasteiger partial charge is 0.251 e. The molecule has 3 aromatic rings. The lowest BCUT2D eigenvalue weighted by Gasteiger charge is -2.28. The second-order valence-electron chi connectivity index (χ2n) is 22.4. The Kier molecular flexibility index (Phi) is 32.7. The second kappa shape index (κ2) is 39.6. The first-order valence-corrected chi connectivity index (χ1v) is 31.0. The molecule has 11 amide bonds. The molecule has 4 rings (SSSR count). The summed E-state index contributed by atoms with van der Waals surface area (Å²) in [6.07, 6.45) is -1.83. The number of rotatable bonds is 28. The predicted octanol–water partition coefficient (Wildman–Crippen LogP) is -3.95. The number of aliphatic hydroxyl groups excluding tert-OH is 2. The maximum absolute atomic E-state index is 14.6. The fraction of sp³-hybridized carbons (Fsp3) is 0.532. The van der Waals surface area contributed by atoms with Crippen molar-refractivity contribution in [3.63, 3.8) is 0 Å². The van der Waals surface area contributed by atoms with Crippen molar-refractivity contribution in [2.75, 3.05) is 39.3 Å². The van der Waals surface area contributed by atoms with Crippen LogP contribution in [0, 0.1) is 0 Å². The Morgan fingerprint density at radius 2 is 0.978 bits per heavy atom. The van der Waals surface area contributed by atoms with Crippen LogP contribution in [0.15, 0.2) is 84.9 Å². The van der Waals surface area contributed by atoms with Crippen molar-refractivity contribution >= 4 is 65.0 Å². The molecule has 23 N–H and O–H groups in total. The molecule has 1 saturated heterocycles. The molecule has 12 unspecified atom stereocenters. The summed E-state index contributed by atoms with van der Waals surface area (Å²) in [5, 5.41) is 50.0. The van der Waals surface area contributed by atoms with Crippen molar-refractivity contribution in [2.45, 2.75) is 170 Å². The van der Waals surface area contributed by atoms with Crippen LogP contribution in [0.5, 0.6) is 0 Å². The number of benzene rings is 3. The Bertz CT molecular complexity index is 2850. The van der Waals surface area contributed by atoms with Crippen molar-refractivity contribution in [1.29, 1.82) is 0 Å². The van der Waals surface area contributed by atoms with Gasteiger partial charge in [-0.2, -0.15) is 0 Å². The molecule has 500 valence electrons. The molecule has 12 atom stereocenters. The molecule has 0 bridgehead atoms. The minimum absolute atomic E-state index is 0.0800. The van der Waals surface area contributed by atoms with Gasteiger partial charge in [-0.1, -0.05) is 105 Å². The molecule has 3 aromatic carbocycles. The number of hydrogen-bond donors (Lipinski definition) is 18. The van der Waals surface area contributed by atoms with Gasteiger partial charge >= 0.3 is 0 Å². The van der Waals surface area contributed by atoms with Crippen molar-refractivity contribution in [2.24, 2.45) is 28.7 Å². The Labute approximate surface area is 530 Å². The van der Waals surface area contributed by atoms with Crippen LogP contribution in [0.25, 0.3) is 11.1 Å². The van der Waals surface area contributed by atoms with Crippen molar-refractivity contribution in [3.8, 4) is 11.1 Å². The van der Waals surface area contributed by atoms with Crippen molar-refractivity contribution in [3.05, 3.63) is 96.1 Å². The first-order valence-electron chi connectivity index (χ1n) is 31.0. The highest BCUT2D eigenvalue weighted by atomic mass is 16.3. The average molecular weight is 1270 g/mol. The van der Waals surface area contributed by atoms with Gasteiger partial charge in [-0.25, -0.2) is 0 Å². The lowest BCUT2D eigenvalue weighted by Crippen LogP contribution is -2.62. The highest BCUT2D eigenvalue weighted by Crippen LogP contribution is 2.20. The molecule has 29 nitrogen and oxygen atoms in total. The molecule has 1 fully saturated rings. The van der Waals surface area contributed by atoms with E-state index in [1.807, 2.05) is 37.3 Å². The SMILES string of the molecule is CCCCCCC1NC(=O)C(Cc2ccccc2)NC(=O)C(CCN)NC(=O)C(NC(=O)C(CCN)NC(=O)C(NC(=O)C(CCN)NC(=O)c2ccc(-c3ccccc3)cc2)C(C)O)CCNC(=O)C(C(C)O)NC(=O)C(CCN)NC(=O)C(CCN)NC1=O. The number of hydrogen-bond acceptors (Lipinski definition) is 18. The molecule has 29 heteroatoms. The van der Waals surface area contributed by atoms with Gasteiger partial charge in [0.1, 0.15) is 60.4 Å². The zero-order valence-corrected chi connectivity index (χ0v) is 52.0. The molecular formula is C62H94N16O13. The summed E-state index contributed by atoms with van der Waals surface area (Å²) in [4.78, 5) is 156. The summed E-state index contributed by atoms with van der Waals surface area (Å²) < 4.78 is 0. The molecule has 1 aliphatic heterocycles. The third kappa shape index (κ3) is 24.7. The van der Waals surface area contributed by atoms with Gasteiger partial charge in [0.05, 0.1) is 12.2 Å². The molecule has 0 aromatic heterocycles. The standard InChI is InChI=1S/C62H94N16O13/c1-4-5-6-13-18-42-53(82)71-43(23-29-63)54(83)73-47(27-33-67)59(88)77-50(36(2)79)61(90)68-34-28-48(57(86)72-44(24-30-64)56(85)76-49(60(89)70-42)35-38-14-9-7-10-15-38)74-55(84)45(25-31-65)75-62(91)51(37(3)80)78-58(87)46(26-32-66)69-52(81)41-21-19-40(20-22-41)39-16-11-8-12-17-39/h7-12,14-17,19-22,36-37,42-51,79-80H,4-6,13,18,23-35,63-67H2,1-3H3,(H,68,90)(H,69,81)(H,70,89)(H,71,82)(H,72,86)(H,73,83)(H,74,84)(H,75,91)(H,76,85)(H,77,88)(H,78,87). The molecular weight excluding hydrogens is 1180 g/mol. The number of aliphatic hydroxyl groups is 2. The molecule has 0 aliphatic carbocycles. The number of carbonyl (C=O) groups excluding carboxylic acids is 11. The lowest BCUT2D eigenvalue weighted by molar-refractivity contribution is -0.136. The van der Waals surface area contributed by atoms with E-state index in [2.05, 4.69) is 58.5 Å². The van der Waals surface area contributed by atoms with Gasteiger partial charge in [0.25, 0.3) is 5.91 Å². The van der Waals surface area contributed by atoms with Gasteiger partial charge in [0, 0.05) is 18.5 Å². The first-order chi connectivity index (χ1) is 43.6. The Hall–Kier alpha value is -8.45. The van der Waals surface area contributed by atoms with Crippen LogP contribution in [0.3, 0.4) is 0 Å². The molecule has 1 heterocycles. The fourth-order valence-corrected chi connectivity index (χ4v) is 9.90. The monoisotopic (exact) mass is 1270 g/mol. The maximum Gasteiger partial charge on any atom is 0.251 e. The van der Waals surface area contributed by atoms with Crippen molar-refractivity contribution in [1.82, 2.24) is 58.5 Å². The highest BCUT2D eigenvalue weighted by Gasteiger charge is 2.37. The molecule has 0 radical (unpaired) electrons. The Morgan fingerprint density at radius 3 is 1.48 bits per heavy atom. The third-order valence-corrected chi connectivity index (χ3v) is 15.1. The predicted molar refractivity (Wildman–Crippen MR) is 339 cm³/mol. The summed E-state index contributed by atoms with van der Waals surface area (Å²) in [5.74, 6) is -10.0. The van der Waals surface area contributed by atoms with E-state index in [-0.39, 0.29) is 83.2 Å². The van der Waals surface area contributed by atoms with E-state index in [4.69, 9.17) is 28.7 Å². The van der Waals surface area contributed by atoms with E-state index in [0.29, 0.717) is 18.4 Å². The highest BCUT2D eigenvalue weighted by molar-refractivity contribution is 6.01. The summed E-state index contributed by atoms with van der Waals surface area (Å²) in [6, 6.07) is 9.62. The second-order valence-corrected chi connectivity index (χ2v) is 22.4. The van der Waals surface area contributed by atoms with Crippen LogP contribution >= 0.6 is 0 Å². The van der Waals surface area contributed by atoms with Crippen molar-refractivity contribution < 1.29 is 63.0 Å². The van der Waals surface area contributed by atoms with E-state index < -0.39 is 151 Å². The summed E-state index contributed by atoms with van der Waals surface area (Å²) in [6.45, 7) is 3.12. The molecule has 91 heavy (non-hydrogen) atoms. The Morgan fingerprint density at radius 1 is 0.505 bits per heavy atom. The quantitative estimate of drug-likeness (QED) is 0.0309. The lowest BCUT2D eigenvalue weighted by atomic mass is 10.0. The number of nitrogens with one attached hydrogen (secondary N) is 11. The third-order valence-electron chi connectivity index (χ3n) is 15.1. The molecule has 0 saturated carbocycles. The maximum atomic E-state index is 14.6. The van der Waals surface area contributed by atoms with Gasteiger partial charge in [0.2, 0.25) is 59.1 Å². The van der Waals surface area contributed by atoms with Crippen LogP contribution in [0.1, 0.15) is 107 Å². The normalized spacial score (nSPS) is 21.6. The van der Waals surface area contributed by atoms with Crippen LogP contribution < -0.4 is 87.2 Å². The van der Waals surface area contributed by atoms with Gasteiger partial charge in [-0.15, -0.1) is 0 Å². The first kappa shape index (κ1) is 75.0. The topological polar surface area (TPSA) is 491 Å². The van der Waals surface area contributed by atoms with E-state index >= 15 is 0 Å². The number of nitrogens with two attached hydrogens (primary N) is 5. The van der Waals surface area contributed by atoms with Gasteiger partial charge < -0.3 is 97.4 Å². The zero-order chi connectivity index (χ0) is 67.0. The number of amides is 11. The van der Waals surface area contributed by atoms with Gasteiger partial charge in [-0.05, 0) is 120 Å². The minimum Gasteiger partial charge on any atom is -0.391 e. The largest absolute Gasteiger partial charge is 0.391 e. The number of carbonyl (C=O) groups is 11. The van der Waals surface area contributed by atoms with Crippen LogP contribution in [-0.4, -0.2) is 187 Å². The van der Waals surface area contributed by atoms with E-state index in [1.165, 1.54) is 13.8 Å². The summed E-state index contributed by atoms with van der Waals surface area (Å²) in [7, 11) is 0. The fourth-order valence-electron chi connectivity index (χ4n) is 9.90. The van der Waals surface area contributed by atoms with E-state index in [0.717, 1.165) is 24.0 Å². The summed E-state index contributed by atoms with van der Waals surface area (Å²) >= 11 is 0. The van der Waals surface area contributed by atoms with Crippen LogP contribution in [-0.2, 0) is 54.4 Å². The van der Waals surface area contributed by atoms with Crippen LogP contribution in [0.2, 0.25) is 0 Å². The van der Waals surface area contributed by atoms with Crippen LogP contribution in [0.4, 0.5) is 0 Å². The average Bonchev–Trinajstić information content (AvgIpc) is 1.83. The summed E-state index contributed by atoms with van der Waals surface area (Å²) in [5.41, 5.74) is 32.1. The zero-order valence-electron chi connectivity index (χ0n) is 52.0. The molecule has 0 spiro atoms. The van der Waals surface area contributed by atoms with E-state index in [9.17, 15) is 63.0 Å².